The molecule has 0 aromatic heterocycles. The molecule has 0 amide bonds. The number of hydrogen-bond donors (Lipinski definition) is 0. The third-order valence-electron chi connectivity index (χ3n) is 5.65. The highest BCUT2D eigenvalue weighted by Gasteiger charge is 2.38. The molecule has 0 spiro atoms. The second kappa shape index (κ2) is 7.44. The summed E-state index contributed by atoms with van der Waals surface area (Å²) in [6.45, 7) is 0. The molecule has 4 heteroatoms. The lowest BCUT2D eigenvalue weighted by Gasteiger charge is -2.35. The second-order valence-corrected chi connectivity index (χ2v) is 7.02. The van der Waals surface area contributed by atoms with Crippen LogP contribution in [0.2, 0.25) is 0 Å². The lowest BCUT2D eigenvalue weighted by atomic mass is 9.69. The Morgan fingerprint density at radius 3 is 2.29 bits per heavy atom. The van der Waals surface area contributed by atoms with Crippen LogP contribution >= 0.6 is 0 Å². The highest BCUT2D eigenvalue weighted by Crippen LogP contribution is 2.43. The molecule has 24 heavy (non-hydrogen) atoms. The minimum atomic E-state index is -0.435. The van der Waals surface area contributed by atoms with Gasteiger partial charge in [-0.1, -0.05) is 6.07 Å². The Labute approximate surface area is 144 Å². The summed E-state index contributed by atoms with van der Waals surface area (Å²) < 4.78 is 17.1. The molecule has 2 fully saturated rings. The van der Waals surface area contributed by atoms with Gasteiger partial charge >= 0.3 is 0 Å². The zero-order valence-corrected chi connectivity index (χ0v) is 14.7. The Bertz CT molecular complexity index is 593. The van der Waals surface area contributed by atoms with Gasteiger partial charge in [0.2, 0.25) is 0 Å². The smallest absolute Gasteiger partial charge is 0.161 e. The molecule has 3 rings (SSSR count). The van der Waals surface area contributed by atoms with E-state index in [9.17, 15) is 5.26 Å². The van der Waals surface area contributed by atoms with E-state index in [0.717, 1.165) is 55.6 Å². The summed E-state index contributed by atoms with van der Waals surface area (Å²) in [7, 11) is 3.42. The van der Waals surface area contributed by atoms with E-state index < -0.39 is 5.41 Å². The molecule has 0 N–H and O–H groups in total. The SMILES string of the molecule is COc1ccc(C2(C#N)CCC(OC)CC2)cc1OC1CCCC1. The van der Waals surface area contributed by atoms with Gasteiger partial charge in [0.05, 0.1) is 30.8 Å². The quantitative estimate of drug-likeness (QED) is 0.805. The highest BCUT2D eigenvalue weighted by molar-refractivity contribution is 5.47. The first-order valence-electron chi connectivity index (χ1n) is 9.00. The summed E-state index contributed by atoms with van der Waals surface area (Å²) in [6.07, 6.45) is 8.73. The van der Waals surface area contributed by atoms with Gasteiger partial charge in [-0.3, -0.25) is 0 Å². The van der Waals surface area contributed by atoms with Crippen LogP contribution in [-0.4, -0.2) is 26.4 Å². The standard InChI is InChI=1S/C20H27NO3/c1-22-16-9-11-20(14-21,12-10-16)15-7-8-18(23-2)19(13-15)24-17-5-3-4-6-17/h7-8,13,16-17H,3-6,9-12H2,1-2H3. The van der Waals surface area contributed by atoms with Crippen molar-refractivity contribution in [1.82, 2.24) is 0 Å². The predicted molar refractivity (Wildman–Crippen MR) is 92.4 cm³/mol. The summed E-state index contributed by atoms with van der Waals surface area (Å²) in [5.74, 6) is 1.54. The molecule has 130 valence electrons. The van der Waals surface area contributed by atoms with Crippen LogP contribution in [0.25, 0.3) is 0 Å². The van der Waals surface area contributed by atoms with Crippen molar-refractivity contribution in [2.45, 2.75) is 69.0 Å². The molecule has 0 aliphatic heterocycles. The molecule has 2 aliphatic rings. The molecule has 4 nitrogen and oxygen atoms in total. The molecule has 0 heterocycles. The zero-order chi connectivity index (χ0) is 17.0. The van der Waals surface area contributed by atoms with E-state index in [1.54, 1.807) is 14.2 Å². The van der Waals surface area contributed by atoms with Gasteiger partial charge < -0.3 is 14.2 Å². The summed E-state index contributed by atoms with van der Waals surface area (Å²) in [5.41, 5.74) is 0.614. The number of ether oxygens (including phenoxy) is 3. The summed E-state index contributed by atoms with van der Waals surface area (Å²) in [4.78, 5) is 0. The fraction of sp³-hybridized carbons (Fsp3) is 0.650. The molecule has 1 aromatic carbocycles. The number of hydrogen-bond acceptors (Lipinski definition) is 4. The summed E-state index contributed by atoms with van der Waals surface area (Å²) in [6, 6.07) is 8.59. The first kappa shape index (κ1) is 17.1. The molecular formula is C20H27NO3. The Hall–Kier alpha value is -1.73. The first-order chi connectivity index (χ1) is 11.7. The molecule has 2 saturated carbocycles. The van der Waals surface area contributed by atoms with Crippen molar-refractivity contribution in [2.75, 3.05) is 14.2 Å². The van der Waals surface area contributed by atoms with Gasteiger partial charge in [0.25, 0.3) is 0 Å². The molecular weight excluding hydrogens is 302 g/mol. The third kappa shape index (κ3) is 3.37. The number of methoxy groups -OCH3 is 2. The number of benzene rings is 1. The fourth-order valence-electron chi connectivity index (χ4n) is 4.04. The van der Waals surface area contributed by atoms with Gasteiger partial charge in [0, 0.05) is 7.11 Å². The average Bonchev–Trinajstić information content (AvgIpc) is 3.15. The van der Waals surface area contributed by atoms with Crippen LogP contribution in [0.3, 0.4) is 0 Å². The first-order valence-corrected chi connectivity index (χ1v) is 9.00. The molecule has 1 aromatic rings. The third-order valence-corrected chi connectivity index (χ3v) is 5.65. The van der Waals surface area contributed by atoms with Gasteiger partial charge in [-0.15, -0.1) is 0 Å². The molecule has 0 bridgehead atoms. The molecule has 0 saturated heterocycles. The van der Waals surface area contributed by atoms with E-state index in [2.05, 4.69) is 6.07 Å². The van der Waals surface area contributed by atoms with E-state index in [1.807, 2.05) is 18.2 Å². The van der Waals surface area contributed by atoms with Crippen LogP contribution < -0.4 is 9.47 Å². The maximum absolute atomic E-state index is 9.89. The van der Waals surface area contributed by atoms with Gasteiger partial charge in [0.15, 0.2) is 11.5 Å². The monoisotopic (exact) mass is 329 g/mol. The Morgan fingerprint density at radius 1 is 1.00 bits per heavy atom. The lowest BCUT2D eigenvalue weighted by Crippen LogP contribution is -2.33. The molecule has 2 aliphatic carbocycles. The topological polar surface area (TPSA) is 51.5 Å². The number of nitriles is 1. The molecule has 0 unspecified atom stereocenters. The minimum absolute atomic E-state index is 0.274. The Morgan fingerprint density at radius 2 is 1.71 bits per heavy atom. The van der Waals surface area contributed by atoms with E-state index >= 15 is 0 Å². The maximum Gasteiger partial charge on any atom is 0.161 e. The van der Waals surface area contributed by atoms with Crippen molar-refractivity contribution < 1.29 is 14.2 Å². The molecule has 0 atom stereocenters. The van der Waals surface area contributed by atoms with Gasteiger partial charge in [-0.2, -0.15) is 5.26 Å². The van der Waals surface area contributed by atoms with Crippen LogP contribution in [0.5, 0.6) is 11.5 Å². The van der Waals surface area contributed by atoms with Crippen molar-refractivity contribution >= 4 is 0 Å². The van der Waals surface area contributed by atoms with Crippen LogP contribution in [0, 0.1) is 11.3 Å². The predicted octanol–water partition coefficient (Wildman–Crippen LogP) is 4.37. The maximum atomic E-state index is 9.89. The lowest BCUT2D eigenvalue weighted by molar-refractivity contribution is 0.0573. The molecule has 0 radical (unpaired) electrons. The highest BCUT2D eigenvalue weighted by atomic mass is 16.5. The second-order valence-electron chi connectivity index (χ2n) is 7.02. The van der Waals surface area contributed by atoms with Crippen molar-refractivity contribution in [3.05, 3.63) is 23.8 Å². The summed E-state index contributed by atoms with van der Waals surface area (Å²) >= 11 is 0. The zero-order valence-electron chi connectivity index (χ0n) is 14.7. The van der Waals surface area contributed by atoms with Crippen molar-refractivity contribution in [1.29, 1.82) is 5.26 Å². The average molecular weight is 329 g/mol. The number of rotatable bonds is 5. The van der Waals surface area contributed by atoms with Crippen LogP contribution in [0.1, 0.15) is 56.9 Å². The largest absolute Gasteiger partial charge is 0.493 e. The fourth-order valence-corrected chi connectivity index (χ4v) is 4.04. The normalized spacial score (nSPS) is 27.6. The van der Waals surface area contributed by atoms with Gasteiger partial charge in [-0.25, -0.2) is 0 Å². The summed E-state index contributed by atoms with van der Waals surface area (Å²) in [5, 5.41) is 9.89. The van der Waals surface area contributed by atoms with E-state index in [-0.39, 0.29) is 12.2 Å². The van der Waals surface area contributed by atoms with E-state index in [0.29, 0.717) is 0 Å². The van der Waals surface area contributed by atoms with Crippen molar-refractivity contribution in [3.8, 4) is 17.6 Å². The van der Waals surface area contributed by atoms with Crippen LogP contribution in [0.4, 0.5) is 0 Å². The Kier molecular flexibility index (Phi) is 5.30. The minimum Gasteiger partial charge on any atom is -0.493 e. The number of nitrogens with zero attached hydrogens (tertiary/aromatic N) is 1. The van der Waals surface area contributed by atoms with Gasteiger partial charge in [0.1, 0.15) is 0 Å². The van der Waals surface area contributed by atoms with Crippen LogP contribution in [-0.2, 0) is 10.2 Å². The van der Waals surface area contributed by atoms with E-state index in [1.165, 1.54) is 12.8 Å². The van der Waals surface area contributed by atoms with Gasteiger partial charge in [-0.05, 0) is 69.1 Å². The Balaban J connectivity index is 1.85. The van der Waals surface area contributed by atoms with Crippen LogP contribution in [0.15, 0.2) is 18.2 Å². The van der Waals surface area contributed by atoms with E-state index in [4.69, 9.17) is 14.2 Å². The van der Waals surface area contributed by atoms with Crippen molar-refractivity contribution in [3.63, 3.8) is 0 Å². The van der Waals surface area contributed by atoms with Crippen molar-refractivity contribution in [2.24, 2.45) is 0 Å².